The molecule has 2 aliphatic heterocycles. The second-order valence-electron chi connectivity index (χ2n) is 8.63. The average molecular weight is 475 g/mol. The molecule has 6 nitrogen and oxygen atoms in total. The Hall–Kier alpha value is -2.29. The molecule has 0 aliphatic carbocycles. The number of hydrogen-bond acceptors (Lipinski definition) is 6. The van der Waals surface area contributed by atoms with Crippen LogP contribution in [0.5, 0.6) is 0 Å². The van der Waals surface area contributed by atoms with Gasteiger partial charge in [-0.2, -0.15) is 0 Å². The second kappa shape index (κ2) is 8.92. The van der Waals surface area contributed by atoms with E-state index in [2.05, 4.69) is 25.6 Å². The summed E-state index contributed by atoms with van der Waals surface area (Å²) in [5.41, 5.74) is 1.14. The van der Waals surface area contributed by atoms with Crippen LogP contribution in [-0.4, -0.2) is 48.2 Å². The summed E-state index contributed by atoms with van der Waals surface area (Å²) in [6.45, 7) is 2.95. The van der Waals surface area contributed by atoms with Crippen molar-refractivity contribution in [1.29, 1.82) is 0 Å². The van der Waals surface area contributed by atoms with Crippen LogP contribution in [0.1, 0.15) is 36.0 Å². The number of nitrogens with one attached hydrogen (secondary N) is 1. The van der Waals surface area contributed by atoms with Crippen molar-refractivity contribution in [3.8, 4) is 0 Å². The van der Waals surface area contributed by atoms with E-state index in [4.69, 9.17) is 16.3 Å². The fourth-order valence-electron chi connectivity index (χ4n) is 4.64. The molecular weight excluding hydrogens is 451 g/mol. The maximum Gasteiger partial charge on any atom is 0.254 e. The minimum absolute atomic E-state index is 0.0401. The van der Waals surface area contributed by atoms with E-state index in [9.17, 15) is 9.18 Å². The van der Waals surface area contributed by atoms with Crippen molar-refractivity contribution in [3.05, 3.63) is 52.4 Å². The maximum atomic E-state index is 13.9. The van der Waals surface area contributed by atoms with Crippen LogP contribution >= 0.6 is 22.9 Å². The monoisotopic (exact) mass is 474 g/mol. The number of carbonyl (C=O) groups excluding carboxylic acids is 1. The first-order chi connectivity index (χ1) is 15.5. The number of thiophene rings is 1. The number of anilines is 1. The fourth-order valence-corrected chi connectivity index (χ4v) is 5.67. The Morgan fingerprint density at radius 2 is 2.12 bits per heavy atom. The highest BCUT2D eigenvalue weighted by molar-refractivity contribution is 7.17. The van der Waals surface area contributed by atoms with Crippen LogP contribution in [0, 0.1) is 11.2 Å². The molecule has 4 heterocycles. The summed E-state index contributed by atoms with van der Waals surface area (Å²) in [5, 5.41) is 5.18. The van der Waals surface area contributed by atoms with Crippen molar-refractivity contribution in [2.45, 2.75) is 31.8 Å². The number of aromatic nitrogens is 2. The van der Waals surface area contributed by atoms with Crippen LogP contribution in [0.25, 0.3) is 10.2 Å². The standard InChI is InChI=1S/C23H24ClFN4O2S/c24-15-1-2-18(25)17(11-15)22(30)26-12-16-3-5-23(13-31-16)6-8-29(9-7-23)21-20-19(4-10-32-20)27-14-28-21/h1-2,4,10-11,14,16H,3,5-9,12-13H2,(H,26,30). The number of ether oxygens (including phenoxy) is 1. The molecule has 0 bridgehead atoms. The Balaban J connectivity index is 1.13. The number of rotatable bonds is 4. The van der Waals surface area contributed by atoms with Gasteiger partial charge in [-0.05, 0) is 60.7 Å². The number of carbonyl (C=O) groups is 1. The van der Waals surface area contributed by atoms with Crippen LogP contribution in [-0.2, 0) is 4.74 Å². The van der Waals surface area contributed by atoms with Gasteiger partial charge < -0.3 is 15.0 Å². The summed E-state index contributed by atoms with van der Waals surface area (Å²) >= 11 is 7.57. The lowest BCUT2D eigenvalue weighted by molar-refractivity contribution is -0.0699. The van der Waals surface area contributed by atoms with Gasteiger partial charge in [-0.3, -0.25) is 4.79 Å². The first kappa shape index (κ1) is 21.6. The SMILES string of the molecule is O=C(NCC1CCC2(CCN(c3ncnc4ccsc34)CC2)CO1)c1cc(Cl)ccc1F. The smallest absolute Gasteiger partial charge is 0.254 e. The quantitative estimate of drug-likeness (QED) is 0.594. The summed E-state index contributed by atoms with van der Waals surface area (Å²) in [6.07, 6.45) is 5.63. The molecule has 1 amide bonds. The van der Waals surface area contributed by atoms with E-state index in [1.165, 1.54) is 18.2 Å². The molecule has 1 unspecified atom stereocenters. The average Bonchev–Trinajstić information content (AvgIpc) is 3.30. The number of nitrogens with zero attached hydrogens (tertiary/aromatic N) is 3. The minimum atomic E-state index is -0.578. The van der Waals surface area contributed by atoms with Crippen LogP contribution in [0.15, 0.2) is 36.0 Å². The number of benzene rings is 1. The first-order valence-corrected chi connectivity index (χ1v) is 12.1. The predicted molar refractivity (Wildman–Crippen MR) is 124 cm³/mol. The molecule has 3 aromatic rings. The van der Waals surface area contributed by atoms with Crippen molar-refractivity contribution in [1.82, 2.24) is 15.3 Å². The van der Waals surface area contributed by atoms with E-state index >= 15 is 0 Å². The Bertz CT molecular complexity index is 1120. The zero-order chi connectivity index (χ0) is 22.1. The molecule has 168 valence electrons. The number of piperidine rings is 1. The zero-order valence-electron chi connectivity index (χ0n) is 17.5. The van der Waals surface area contributed by atoms with E-state index in [1.54, 1.807) is 17.7 Å². The topological polar surface area (TPSA) is 67.4 Å². The molecule has 32 heavy (non-hydrogen) atoms. The zero-order valence-corrected chi connectivity index (χ0v) is 19.1. The molecule has 2 aromatic heterocycles. The first-order valence-electron chi connectivity index (χ1n) is 10.8. The fraction of sp³-hybridized carbons (Fsp3) is 0.435. The molecule has 9 heteroatoms. The van der Waals surface area contributed by atoms with Gasteiger partial charge in [0.05, 0.1) is 28.5 Å². The van der Waals surface area contributed by atoms with E-state index in [-0.39, 0.29) is 17.1 Å². The van der Waals surface area contributed by atoms with E-state index < -0.39 is 11.7 Å². The van der Waals surface area contributed by atoms with Gasteiger partial charge in [0.1, 0.15) is 18.0 Å². The van der Waals surface area contributed by atoms with E-state index in [0.29, 0.717) is 18.2 Å². The van der Waals surface area contributed by atoms with Gasteiger partial charge in [0.25, 0.3) is 5.91 Å². The molecule has 2 saturated heterocycles. The Morgan fingerprint density at radius 1 is 1.28 bits per heavy atom. The van der Waals surface area contributed by atoms with Crippen molar-refractivity contribution >= 4 is 44.9 Å². The molecular formula is C23H24ClFN4O2S. The van der Waals surface area contributed by atoms with Gasteiger partial charge in [0.15, 0.2) is 0 Å². The van der Waals surface area contributed by atoms with Gasteiger partial charge in [0, 0.05) is 24.7 Å². The summed E-state index contributed by atoms with van der Waals surface area (Å²) in [7, 11) is 0. The molecule has 1 aromatic carbocycles. The van der Waals surface area contributed by atoms with Crippen LogP contribution in [0.3, 0.4) is 0 Å². The predicted octanol–water partition coefficient (Wildman–Crippen LogP) is 4.68. The number of hydrogen-bond donors (Lipinski definition) is 1. The lowest BCUT2D eigenvalue weighted by atomic mass is 9.73. The van der Waals surface area contributed by atoms with Crippen molar-refractivity contribution < 1.29 is 13.9 Å². The van der Waals surface area contributed by atoms with Crippen LogP contribution < -0.4 is 10.2 Å². The molecule has 2 fully saturated rings. The molecule has 1 spiro atoms. The van der Waals surface area contributed by atoms with E-state index in [0.717, 1.165) is 54.8 Å². The lowest BCUT2D eigenvalue weighted by Gasteiger charge is -2.46. The Kier molecular flexibility index (Phi) is 6.01. The normalized spacial score (nSPS) is 20.6. The lowest BCUT2D eigenvalue weighted by Crippen LogP contribution is -2.47. The molecule has 2 aliphatic rings. The van der Waals surface area contributed by atoms with Gasteiger partial charge in [-0.15, -0.1) is 11.3 Å². The van der Waals surface area contributed by atoms with Gasteiger partial charge in [-0.1, -0.05) is 11.6 Å². The van der Waals surface area contributed by atoms with Gasteiger partial charge in [-0.25, -0.2) is 14.4 Å². The Morgan fingerprint density at radius 3 is 2.91 bits per heavy atom. The van der Waals surface area contributed by atoms with Crippen LogP contribution in [0.4, 0.5) is 10.2 Å². The van der Waals surface area contributed by atoms with Crippen molar-refractivity contribution in [3.63, 3.8) is 0 Å². The third-order valence-electron chi connectivity index (χ3n) is 6.63. The molecule has 1 N–H and O–H groups in total. The largest absolute Gasteiger partial charge is 0.376 e. The molecule has 0 radical (unpaired) electrons. The number of fused-ring (bicyclic) bond motifs is 1. The summed E-state index contributed by atoms with van der Waals surface area (Å²) in [4.78, 5) is 23.6. The van der Waals surface area contributed by atoms with Crippen molar-refractivity contribution in [2.24, 2.45) is 5.41 Å². The third-order valence-corrected chi connectivity index (χ3v) is 7.77. The minimum Gasteiger partial charge on any atom is -0.376 e. The summed E-state index contributed by atoms with van der Waals surface area (Å²) in [5.74, 6) is -0.0111. The highest BCUT2D eigenvalue weighted by Crippen LogP contribution is 2.42. The van der Waals surface area contributed by atoms with Gasteiger partial charge >= 0.3 is 0 Å². The molecule has 1 atom stereocenters. The number of halogens is 2. The van der Waals surface area contributed by atoms with Crippen molar-refractivity contribution in [2.75, 3.05) is 31.1 Å². The molecule has 5 rings (SSSR count). The maximum absolute atomic E-state index is 13.9. The van der Waals surface area contributed by atoms with Gasteiger partial charge in [0.2, 0.25) is 0 Å². The Labute approximate surface area is 194 Å². The highest BCUT2D eigenvalue weighted by Gasteiger charge is 2.39. The molecule has 0 saturated carbocycles. The van der Waals surface area contributed by atoms with E-state index in [1.807, 2.05) is 6.07 Å². The number of amides is 1. The van der Waals surface area contributed by atoms with Crippen LogP contribution in [0.2, 0.25) is 5.02 Å². The summed E-state index contributed by atoms with van der Waals surface area (Å²) < 4.78 is 21.2. The summed E-state index contributed by atoms with van der Waals surface area (Å²) in [6, 6.07) is 6.01. The third kappa shape index (κ3) is 4.31. The highest BCUT2D eigenvalue weighted by atomic mass is 35.5. The second-order valence-corrected chi connectivity index (χ2v) is 9.98.